The predicted molar refractivity (Wildman–Crippen MR) is 106 cm³/mol. The molecule has 0 saturated carbocycles. The first-order chi connectivity index (χ1) is 13.5. The standard InChI is InChI=1S/C20H19N3O4S/c1-27-18-10-9-16(20(24)23-17-7-3-2-4-8-17)12-19(18)28(25,26)22-14-15-6-5-11-21-13-15/h2-13,22H,14H2,1H3,(H,23,24). The second kappa shape index (κ2) is 8.64. The zero-order valence-electron chi connectivity index (χ0n) is 15.1. The molecule has 3 rings (SSSR count). The third-order valence-electron chi connectivity index (χ3n) is 3.94. The number of sulfonamides is 1. The van der Waals surface area contributed by atoms with E-state index in [-0.39, 0.29) is 22.8 Å². The fourth-order valence-corrected chi connectivity index (χ4v) is 3.72. The number of benzene rings is 2. The van der Waals surface area contributed by atoms with Gasteiger partial charge in [-0.2, -0.15) is 0 Å². The van der Waals surface area contributed by atoms with Crippen molar-refractivity contribution in [2.45, 2.75) is 11.4 Å². The zero-order valence-corrected chi connectivity index (χ0v) is 15.9. The highest BCUT2D eigenvalue weighted by Crippen LogP contribution is 2.25. The molecule has 1 aromatic heterocycles. The largest absolute Gasteiger partial charge is 0.495 e. The number of pyridine rings is 1. The van der Waals surface area contributed by atoms with E-state index in [2.05, 4.69) is 15.0 Å². The second-order valence-electron chi connectivity index (χ2n) is 5.87. The molecule has 0 aliphatic rings. The fourth-order valence-electron chi connectivity index (χ4n) is 2.51. The van der Waals surface area contributed by atoms with Crippen molar-refractivity contribution < 1.29 is 17.9 Å². The minimum Gasteiger partial charge on any atom is -0.495 e. The van der Waals surface area contributed by atoms with E-state index in [0.29, 0.717) is 11.3 Å². The van der Waals surface area contributed by atoms with Crippen LogP contribution in [0.1, 0.15) is 15.9 Å². The van der Waals surface area contributed by atoms with Gasteiger partial charge in [-0.3, -0.25) is 9.78 Å². The topological polar surface area (TPSA) is 97.4 Å². The lowest BCUT2D eigenvalue weighted by Gasteiger charge is -2.13. The van der Waals surface area contributed by atoms with Crippen LogP contribution in [-0.2, 0) is 16.6 Å². The predicted octanol–water partition coefficient (Wildman–Crippen LogP) is 2.82. The van der Waals surface area contributed by atoms with E-state index in [1.54, 1.807) is 48.8 Å². The van der Waals surface area contributed by atoms with Gasteiger partial charge in [0.05, 0.1) is 7.11 Å². The van der Waals surface area contributed by atoms with Crippen molar-refractivity contribution in [3.8, 4) is 5.75 Å². The molecule has 0 unspecified atom stereocenters. The van der Waals surface area contributed by atoms with Gasteiger partial charge in [0.2, 0.25) is 10.0 Å². The minimum absolute atomic E-state index is 0.0692. The number of para-hydroxylation sites is 1. The summed E-state index contributed by atoms with van der Waals surface area (Å²) in [6, 6.07) is 16.7. The van der Waals surface area contributed by atoms with Crippen LogP contribution in [0, 0.1) is 0 Å². The molecule has 0 aliphatic heterocycles. The number of methoxy groups -OCH3 is 1. The maximum Gasteiger partial charge on any atom is 0.255 e. The fraction of sp³-hybridized carbons (Fsp3) is 0.100. The van der Waals surface area contributed by atoms with E-state index in [1.807, 2.05) is 6.07 Å². The summed E-state index contributed by atoms with van der Waals surface area (Å²) >= 11 is 0. The van der Waals surface area contributed by atoms with E-state index in [4.69, 9.17) is 4.74 Å². The Kier molecular flexibility index (Phi) is 6.03. The highest BCUT2D eigenvalue weighted by atomic mass is 32.2. The van der Waals surface area contributed by atoms with E-state index in [9.17, 15) is 13.2 Å². The van der Waals surface area contributed by atoms with Gasteiger partial charge in [-0.25, -0.2) is 13.1 Å². The van der Waals surface area contributed by atoms with E-state index >= 15 is 0 Å². The SMILES string of the molecule is COc1ccc(C(=O)Nc2ccccc2)cc1S(=O)(=O)NCc1cccnc1. The number of anilines is 1. The van der Waals surface area contributed by atoms with Crippen molar-refractivity contribution in [1.29, 1.82) is 0 Å². The number of rotatable bonds is 7. The summed E-state index contributed by atoms with van der Waals surface area (Å²) in [7, 11) is -2.54. The van der Waals surface area contributed by atoms with Crippen LogP contribution in [0.4, 0.5) is 5.69 Å². The average Bonchev–Trinajstić information content (AvgIpc) is 2.73. The second-order valence-corrected chi connectivity index (χ2v) is 7.61. The van der Waals surface area contributed by atoms with Gasteiger partial charge in [-0.1, -0.05) is 24.3 Å². The third-order valence-corrected chi connectivity index (χ3v) is 5.36. The van der Waals surface area contributed by atoms with Crippen molar-refractivity contribution in [3.05, 3.63) is 84.2 Å². The maximum atomic E-state index is 12.8. The summed E-state index contributed by atoms with van der Waals surface area (Å²) < 4.78 is 33.2. The van der Waals surface area contributed by atoms with Crippen LogP contribution in [0.25, 0.3) is 0 Å². The number of hydrogen-bond donors (Lipinski definition) is 2. The summed E-state index contributed by atoms with van der Waals surface area (Å²) in [5.74, 6) is -0.271. The number of amides is 1. The number of ether oxygens (including phenoxy) is 1. The van der Waals surface area contributed by atoms with Crippen LogP contribution in [0.15, 0.2) is 78.0 Å². The molecule has 1 amide bonds. The molecule has 7 nitrogen and oxygen atoms in total. The van der Waals surface area contributed by atoms with Gasteiger partial charge >= 0.3 is 0 Å². The molecule has 0 aliphatic carbocycles. The van der Waals surface area contributed by atoms with Gasteiger partial charge in [0.25, 0.3) is 5.91 Å². The van der Waals surface area contributed by atoms with Gasteiger partial charge < -0.3 is 10.1 Å². The van der Waals surface area contributed by atoms with Crippen molar-refractivity contribution in [3.63, 3.8) is 0 Å². The van der Waals surface area contributed by atoms with Crippen LogP contribution < -0.4 is 14.8 Å². The Labute approximate surface area is 163 Å². The molecule has 0 fully saturated rings. The van der Waals surface area contributed by atoms with Gasteiger partial charge in [0.1, 0.15) is 10.6 Å². The molecule has 8 heteroatoms. The molecule has 0 spiro atoms. The number of nitrogens with one attached hydrogen (secondary N) is 2. The molecular weight excluding hydrogens is 378 g/mol. The number of nitrogens with zero attached hydrogens (tertiary/aromatic N) is 1. The Hall–Kier alpha value is -3.23. The quantitative estimate of drug-likeness (QED) is 0.639. The zero-order chi connectivity index (χ0) is 20.0. The maximum absolute atomic E-state index is 12.8. The molecule has 3 aromatic rings. The molecule has 0 radical (unpaired) electrons. The molecule has 2 N–H and O–H groups in total. The number of aromatic nitrogens is 1. The van der Waals surface area contributed by atoms with E-state index < -0.39 is 15.9 Å². The molecule has 1 heterocycles. The molecule has 0 atom stereocenters. The molecule has 28 heavy (non-hydrogen) atoms. The molecule has 2 aromatic carbocycles. The molecule has 0 saturated heterocycles. The Morgan fingerprint density at radius 2 is 1.86 bits per heavy atom. The van der Waals surface area contributed by atoms with Crippen LogP contribution >= 0.6 is 0 Å². The van der Waals surface area contributed by atoms with Crippen molar-refractivity contribution in [2.24, 2.45) is 0 Å². The number of carbonyl (C=O) groups excluding carboxylic acids is 1. The van der Waals surface area contributed by atoms with Crippen molar-refractivity contribution >= 4 is 21.6 Å². The van der Waals surface area contributed by atoms with Gasteiger partial charge in [0.15, 0.2) is 0 Å². The highest BCUT2D eigenvalue weighted by Gasteiger charge is 2.21. The van der Waals surface area contributed by atoms with Gasteiger partial charge in [-0.05, 0) is 42.0 Å². The van der Waals surface area contributed by atoms with Crippen molar-refractivity contribution in [2.75, 3.05) is 12.4 Å². The van der Waals surface area contributed by atoms with Crippen LogP contribution in [-0.4, -0.2) is 26.4 Å². The first kappa shape index (κ1) is 19.5. The lowest BCUT2D eigenvalue weighted by atomic mass is 10.2. The summed E-state index contributed by atoms with van der Waals surface area (Å²) in [5, 5.41) is 2.73. The summed E-state index contributed by atoms with van der Waals surface area (Å²) in [5.41, 5.74) is 1.52. The summed E-state index contributed by atoms with van der Waals surface area (Å²) in [6.45, 7) is 0.0692. The minimum atomic E-state index is -3.91. The smallest absolute Gasteiger partial charge is 0.255 e. The highest BCUT2D eigenvalue weighted by molar-refractivity contribution is 7.89. The summed E-state index contributed by atoms with van der Waals surface area (Å²) in [6.07, 6.45) is 3.18. The average molecular weight is 397 g/mol. The Balaban J connectivity index is 1.84. The lowest BCUT2D eigenvalue weighted by Crippen LogP contribution is -2.24. The van der Waals surface area contributed by atoms with Crippen LogP contribution in [0.5, 0.6) is 5.75 Å². The number of hydrogen-bond acceptors (Lipinski definition) is 5. The van der Waals surface area contributed by atoms with Crippen molar-refractivity contribution in [1.82, 2.24) is 9.71 Å². The monoisotopic (exact) mass is 397 g/mol. The van der Waals surface area contributed by atoms with Gasteiger partial charge in [0, 0.05) is 30.2 Å². The van der Waals surface area contributed by atoms with Gasteiger partial charge in [-0.15, -0.1) is 0 Å². The summed E-state index contributed by atoms with van der Waals surface area (Å²) in [4.78, 5) is 16.3. The normalized spacial score (nSPS) is 11.0. The number of carbonyl (C=O) groups is 1. The molecule has 0 bridgehead atoms. The molecular formula is C20H19N3O4S. The first-order valence-electron chi connectivity index (χ1n) is 8.42. The first-order valence-corrected chi connectivity index (χ1v) is 9.91. The third kappa shape index (κ3) is 4.73. The Bertz CT molecular complexity index is 1060. The lowest BCUT2D eigenvalue weighted by molar-refractivity contribution is 0.102. The van der Waals surface area contributed by atoms with E-state index in [1.165, 1.54) is 25.3 Å². The molecule has 144 valence electrons. The van der Waals surface area contributed by atoms with E-state index in [0.717, 1.165) is 0 Å². The van der Waals surface area contributed by atoms with Crippen LogP contribution in [0.2, 0.25) is 0 Å². The Morgan fingerprint density at radius 1 is 1.07 bits per heavy atom. The Morgan fingerprint density at radius 3 is 2.54 bits per heavy atom. The van der Waals surface area contributed by atoms with Crippen LogP contribution in [0.3, 0.4) is 0 Å².